The van der Waals surface area contributed by atoms with Crippen LogP contribution in [0, 0.1) is 0 Å². The van der Waals surface area contributed by atoms with Crippen molar-refractivity contribution < 1.29 is 5.11 Å². The summed E-state index contributed by atoms with van der Waals surface area (Å²) >= 11 is 0. The van der Waals surface area contributed by atoms with Gasteiger partial charge < -0.3 is 10.8 Å². The molecule has 0 saturated carbocycles. The molecule has 106 valence electrons. The van der Waals surface area contributed by atoms with Gasteiger partial charge in [0.1, 0.15) is 5.75 Å². The minimum atomic E-state index is 0.211. The van der Waals surface area contributed by atoms with E-state index in [0.717, 1.165) is 22.8 Å². The lowest BCUT2D eigenvalue weighted by Gasteiger charge is -2.17. The van der Waals surface area contributed by atoms with E-state index >= 15 is 0 Å². The van der Waals surface area contributed by atoms with Gasteiger partial charge >= 0.3 is 0 Å². The molecule has 21 heavy (non-hydrogen) atoms. The fraction of sp³-hybridized carbons (Fsp3) is 0.158. The van der Waals surface area contributed by atoms with E-state index in [2.05, 4.69) is 24.3 Å². The standard InChI is InChI=1S/C19H19NO/c20-13-16(14-6-2-1-3-7-14)12-18-17-9-5-4-8-15(17)10-11-19(18)21/h1-11,16,21H,12-13,20H2. The maximum atomic E-state index is 10.3. The summed E-state index contributed by atoms with van der Waals surface area (Å²) < 4.78 is 0. The molecular weight excluding hydrogens is 258 g/mol. The van der Waals surface area contributed by atoms with Crippen LogP contribution in [0.5, 0.6) is 5.75 Å². The van der Waals surface area contributed by atoms with Crippen LogP contribution in [0.15, 0.2) is 66.7 Å². The average molecular weight is 277 g/mol. The highest BCUT2D eigenvalue weighted by Crippen LogP contribution is 2.31. The highest BCUT2D eigenvalue weighted by molar-refractivity contribution is 5.87. The minimum absolute atomic E-state index is 0.211. The molecule has 0 radical (unpaired) electrons. The molecule has 0 heterocycles. The SMILES string of the molecule is NCC(Cc1c(O)ccc2ccccc12)c1ccccc1. The monoisotopic (exact) mass is 277 g/mol. The van der Waals surface area contributed by atoms with Gasteiger partial charge in [-0.05, 0) is 35.4 Å². The molecule has 0 aliphatic rings. The van der Waals surface area contributed by atoms with E-state index in [1.54, 1.807) is 6.07 Å². The van der Waals surface area contributed by atoms with E-state index in [9.17, 15) is 5.11 Å². The quantitative estimate of drug-likeness (QED) is 0.761. The molecule has 3 aromatic carbocycles. The van der Waals surface area contributed by atoms with Crippen molar-refractivity contribution in [1.29, 1.82) is 0 Å². The Bertz CT molecular complexity index is 737. The normalized spacial score (nSPS) is 12.4. The smallest absolute Gasteiger partial charge is 0.119 e. The third kappa shape index (κ3) is 2.76. The number of phenolic OH excluding ortho intramolecular Hbond substituents is 1. The molecule has 0 fully saturated rings. The van der Waals surface area contributed by atoms with E-state index in [1.807, 2.05) is 36.4 Å². The molecule has 2 heteroatoms. The lowest BCUT2D eigenvalue weighted by molar-refractivity contribution is 0.466. The van der Waals surface area contributed by atoms with Crippen LogP contribution in [0.25, 0.3) is 10.8 Å². The van der Waals surface area contributed by atoms with E-state index in [1.165, 1.54) is 5.56 Å². The molecule has 0 amide bonds. The zero-order valence-corrected chi connectivity index (χ0v) is 11.9. The van der Waals surface area contributed by atoms with Crippen molar-refractivity contribution in [1.82, 2.24) is 0 Å². The molecule has 0 aromatic heterocycles. The summed E-state index contributed by atoms with van der Waals surface area (Å²) in [5, 5.41) is 12.5. The highest BCUT2D eigenvalue weighted by atomic mass is 16.3. The van der Waals surface area contributed by atoms with Gasteiger partial charge in [-0.15, -0.1) is 0 Å². The van der Waals surface area contributed by atoms with Crippen molar-refractivity contribution in [2.75, 3.05) is 6.54 Å². The first-order valence-corrected chi connectivity index (χ1v) is 7.24. The fourth-order valence-electron chi connectivity index (χ4n) is 2.85. The first-order valence-electron chi connectivity index (χ1n) is 7.24. The third-order valence-corrected chi connectivity index (χ3v) is 4.02. The van der Waals surface area contributed by atoms with Crippen molar-refractivity contribution >= 4 is 10.8 Å². The fourth-order valence-corrected chi connectivity index (χ4v) is 2.85. The average Bonchev–Trinajstić information content (AvgIpc) is 2.55. The highest BCUT2D eigenvalue weighted by Gasteiger charge is 2.15. The summed E-state index contributed by atoms with van der Waals surface area (Å²) in [6, 6.07) is 22.1. The second-order valence-electron chi connectivity index (χ2n) is 5.33. The molecule has 0 aliphatic heterocycles. The van der Waals surface area contributed by atoms with Gasteiger partial charge in [-0.25, -0.2) is 0 Å². The number of aromatic hydroxyl groups is 1. The largest absolute Gasteiger partial charge is 0.508 e. The second kappa shape index (κ2) is 5.98. The Kier molecular flexibility index (Phi) is 3.89. The molecule has 0 saturated heterocycles. The van der Waals surface area contributed by atoms with E-state index in [0.29, 0.717) is 12.3 Å². The van der Waals surface area contributed by atoms with Crippen LogP contribution < -0.4 is 5.73 Å². The number of fused-ring (bicyclic) bond motifs is 1. The number of benzene rings is 3. The first kappa shape index (κ1) is 13.7. The Morgan fingerprint density at radius 3 is 2.33 bits per heavy atom. The molecule has 2 nitrogen and oxygen atoms in total. The molecular formula is C19H19NO. The Morgan fingerprint density at radius 1 is 0.857 bits per heavy atom. The van der Waals surface area contributed by atoms with Crippen LogP contribution in [0.3, 0.4) is 0 Å². The number of rotatable bonds is 4. The Hall–Kier alpha value is -2.32. The van der Waals surface area contributed by atoms with E-state index < -0.39 is 0 Å². The van der Waals surface area contributed by atoms with Crippen LogP contribution in [-0.4, -0.2) is 11.7 Å². The molecule has 3 rings (SSSR count). The Labute approximate surface area is 124 Å². The molecule has 1 unspecified atom stereocenters. The van der Waals surface area contributed by atoms with Crippen LogP contribution in [-0.2, 0) is 6.42 Å². The Balaban J connectivity index is 2.02. The van der Waals surface area contributed by atoms with Gasteiger partial charge in [0.2, 0.25) is 0 Å². The van der Waals surface area contributed by atoms with Crippen molar-refractivity contribution in [3.8, 4) is 5.75 Å². The summed E-state index contributed by atoms with van der Waals surface area (Å²) in [4.78, 5) is 0. The van der Waals surface area contributed by atoms with E-state index in [-0.39, 0.29) is 5.92 Å². The van der Waals surface area contributed by atoms with Gasteiger partial charge in [-0.1, -0.05) is 60.7 Å². The molecule has 0 spiro atoms. The lowest BCUT2D eigenvalue weighted by atomic mass is 9.89. The predicted molar refractivity (Wildman–Crippen MR) is 87.6 cm³/mol. The van der Waals surface area contributed by atoms with Gasteiger partial charge in [0.25, 0.3) is 0 Å². The summed E-state index contributed by atoms with van der Waals surface area (Å²) in [5.41, 5.74) is 8.16. The Morgan fingerprint density at radius 2 is 1.57 bits per heavy atom. The maximum Gasteiger partial charge on any atom is 0.119 e. The van der Waals surface area contributed by atoms with Gasteiger partial charge in [-0.2, -0.15) is 0 Å². The van der Waals surface area contributed by atoms with Gasteiger partial charge in [-0.3, -0.25) is 0 Å². The molecule has 0 bridgehead atoms. The minimum Gasteiger partial charge on any atom is -0.508 e. The number of hydrogen-bond donors (Lipinski definition) is 2. The zero-order chi connectivity index (χ0) is 14.7. The van der Waals surface area contributed by atoms with Crippen LogP contribution in [0.1, 0.15) is 17.0 Å². The summed E-state index contributed by atoms with van der Waals surface area (Å²) in [6.07, 6.45) is 0.744. The van der Waals surface area contributed by atoms with Crippen molar-refractivity contribution in [3.63, 3.8) is 0 Å². The molecule has 3 N–H and O–H groups in total. The first-order chi connectivity index (χ1) is 10.3. The number of nitrogens with two attached hydrogens (primary N) is 1. The van der Waals surface area contributed by atoms with Crippen LogP contribution in [0.2, 0.25) is 0 Å². The lowest BCUT2D eigenvalue weighted by Crippen LogP contribution is -2.15. The summed E-state index contributed by atoms with van der Waals surface area (Å²) in [6.45, 7) is 0.562. The third-order valence-electron chi connectivity index (χ3n) is 4.02. The second-order valence-corrected chi connectivity index (χ2v) is 5.33. The van der Waals surface area contributed by atoms with Crippen molar-refractivity contribution in [3.05, 3.63) is 77.9 Å². The molecule has 1 atom stereocenters. The predicted octanol–water partition coefficient (Wildman–Crippen LogP) is 3.83. The summed E-state index contributed by atoms with van der Waals surface area (Å²) in [7, 11) is 0. The van der Waals surface area contributed by atoms with Crippen LogP contribution in [0.4, 0.5) is 0 Å². The zero-order valence-electron chi connectivity index (χ0n) is 11.9. The summed E-state index contributed by atoms with van der Waals surface area (Å²) in [5.74, 6) is 0.561. The molecule has 3 aromatic rings. The van der Waals surface area contributed by atoms with Gasteiger partial charge in [0.05, 0.1) is 0 Å². The van der Waals surface area contributed by atoms with Crippen molar-refractivity contribution in [2.45, 2.75) is 12.3 Å². The molecule has 0 aliphatic carbocycles. The van der Waals surface area contributed by atoms with Crippen molar-refractivity contribution in [2.24, 2.45) is 5.73 Å². The maximum absolute atomic E-state index is 10.3. The van der Waals surface area contributed by atoms with Crippen LogP contribution >= 0.6 is 0 Å². The van der Waals surface area contributed by atoms with Gasteiger partial charge in [0.15, 0.2) is 0 Å². The number of hydrogen-bond acceptors (Lipinski definition) is 2. The van der Waals surface area contributed by atoms with Gasteiger partial charge in [0, 0.05) is 11.5 Å². The number of phenols is 1. The topological polar surface area (TPSA) is 46.2 Å². The van der Waals surface area contributed by atoms with E-state index in [4.69, 9.17) is 5.73 Å².